The first kappa shape index (κ1) is 10.2. The number of carboxylic acid groups (broad SMARTS) is 1. The van der Waals surface area contributed by atoms with E-state index in [1.54, 1.807) is 11.3 Å². The van der Waals surface area contributed by atoms with E-state index in [9.17, 15) is 4.79 Å². The van der Waals surface area contributed by atoms with Gasteiger partial charge in [0.05, 0.1) is 6.42 Å². The molecule has 1 heterocycles. The van der Waals surface area contributed by atoms with Gasteiger partial charge >= 0.3 is 5.97 Å². The highest BCUT2D eigenvalue weighted by Gasteiger charge is 1.96. The Labute approximate surface area is 81.4 Å². The quantitative estimate of drug-likeness (QED) is 0.680. The number of hydrogen-bond acceptors (Lipinski definition) is 3. The van der Waals surface area contributed by atoms with Crippen molar-refractivity contribution in [3.05, 3.63) is 22.4 Å². The van der Waals surface area contributed by atoms with Gasteiger partial charge in [0.25, 0.3) is 0 Å². The summed E-state index contributed by atoms with van der Waals surface area (Å²) < 4.78 is 0. The fourth-order valence-corrected chi connectivity index (χ4v) is 1.69. The topological polar surface area (TPSA) is 49.3 Å². The van der Waals surface area contributed by atoms with Crippen LogP contribution in [-0.2, 0) is 11.2 Å². The summed E-state index contributed by atoms with van der Waals surface area (Å²) in [5, 5.41) is 15.6. The van der Waals surface area contributed by atoms with E-state index in [1.165, 1.54) is 5.56 Å². The fraction of sp³-hybridized carbons (Fsp3) is 0.444. The Morgan fingerprint density at radius 2 is 2.38 bits per heavy atom. The summed E-state index contributed by atoms with van der Waals surface area (Å²) in [6.07, 6.45) is 1.17. The number of aliphatic carboxylic acids is 1. The van der Waals surface area contributed by atoms with E-state index < -0.39 is 5.97 Å². The molecule has 72 valence electrons. The molecule has 0 saturated carbocycles. The van der Waals surface area contributed by atoms with Crippen LogP contribution in [0, 0.1) is 0 Å². The number of carbonyl (C=O) groups is 1. The van der Waals surface area contributed by atoms with Crippen molar-refractivity contribution < 1.29 is 9.90 Å². The Kier molecular flexibility index (Phi) is 4.49. The number of nitrogens with one attached hydrogen (secondary N) is 1. The third-order valence-electron chi connectivity index (χ3n) is 1.69. The molecular weight excluding hydrogens is 186 g/mol. The maximum atomic E-state index is 10.2. The predicted molar refractivity (Wildman–Crippen MR) is 53.1 cm³/mol. The Balaban J connectivity index is 1.99. The van der Waals surface area contributed by atoms with Crippen molar-refractivity contribution in [3.8, 4) is 0 Å². The summed E-state index contributed by atoms with van der Waals surface area (Å²) in [5.74, 6) is -0.747. The summed E-state index contributed by atoms with van der Waals surface area (Å²) in [5.41, 5.74) is 1.31. The van der Waals surface area contributed by atoms with Crippen LogP contribution in [0.25, 0.3) is 0 Å². The van der Waals surface area contributed by atoms with Crippen LogP contribution in [-0.4, -0.2) is 24.2 Å². The smallest absolute Gasteiger partial charge is 0.304 e. The molecule has 3 nitrogen and oxygen atoms in total. The summed E-state index contributed by atoms with van der Waals surface area (Å²) in [7, 11) is 0. The zero-order valence-corrected chi connectivity index (χ0v) is 8.14. The molecule has 0 aliphatic rings. The fourth-order valence-electron chi connectivity index (χ4n) is 0.988. The molecule has 0 saturated heterocycles. The number of rotatable bonds is 6. The highest BCUT2D eigenvalue weighted by atomic mass is 32.1. The minimum Gasteiger partial charge on any atom is -0.481 e. The summed E-state index contributed by atoms with van der Waals surface area (Å²) >= 11 is 1.69. The highest BCUT2D eigenvalue weighted by Crippen LogP contribution is 2.05. The van der Waals surface area contributed by atoms with Crippen molar-refractivity contribution in [2.75, 3.05) is 13.1 Å². The first-order valence-electron chi connectivity index (χ1n) is 4.22. The van der Waals surface area contributed by atoms with Crippen LogP contribution in [0.5, 0.6) is 0 Å². The molecule has 0 fully saturated rings. The van der Waals surface area contributed by atoms with Gasteiger partial charge in [0.2, 0.25) is 0 Å². The zero-order valence-electron chi connectivity index (χ0n) is 7.32. The molecule has 1 rings (SSSR count). The van der Waals surface area contributed by atoms with Crippen molar-refractivity contribution in [2.45, 2.75) is 12.8 Å². The Hall–Kier alpha value is -0.870. The molecule has 0 aliphatic heterocycles. The second kappa shape index (κ2) is 5.72. The van der Waals surface area contributed by atoms with Gasteiger partial charge in [-0.15, -0.1) is 0 Å². The zero-order chi connectivity index (χ0) is 9.52. The maximum absolute atomic E-state index is 10.2. The van der Waals surface area contributed by atoms with Crippen LogP contribution in [0.4, 0.5) is 0 Å². The SMILES string of the molecule is O=C(O)CCNCCc1ccsc1. The van der Waals surface area contributed by atoms with Crippen LogP contribution >= 0.6 is 11.3 Å². The van der Waals surface area contributed by atoms with Gasteiger partial charge < -0.3 is 10.4 Å². The minimum atomic E-state index is -0.747. The average molecular weight is 199 g/mol. The minimum absolute atomic E-state index is 0.198. The van der Waals surface area contributed by atoms with E-state index in [1.807, 2.05) is 5.38 Å². The molecule has 0 atom stereocenters. The molecule has 0 amide bonds. The molecule has 0 spiro atoms. The summed E-state index contributed by atoms with van der Waals surface area (Å²) in [6.45, 7) is 1.41. The number of thiophene rings is 1. The second-order valence-corrected chi connectivity index (χ2v) is 3.56. The molecule has 4 heteroatoms. The molecule has 0 aliphatic carbocycles. The molecule has 1 aromatic heterocycles. The molecule has 13 heavy (non-hydrogen) atoms. The lowest BCUT2D eigenvalue weighted by Crippen LogP contribution is -2.20. The third kappa shape index (κ3) is 4.65. The Bertz CT molecular complexity index is 246. The van der Waals surface area contributed by atoms with Crippen molar-refractivity contribution in [3.63, 3.8) is 0 Å². The molecule has 0 radical (unpaired) electrons. The Morgan fingerprint density at radius 1 is 1.54 bits per heavy atom. The van der Waals surface area contributed by atoms with Gasteiger partial charge in [-0.1, -0.05) is 0 Å². The lowest BCUT2D eigenvalue weighted by molar-refractivity contribution is -0.136. The van der Waals surface area contributed by atoms with Gasteiger partial charge in [-0.05, 0) is 35.4 Å². The number of hydrogen-bond donors (Lipinski definition) is 2. The highest BCUT2D eigenvalue weighted by molar-refractivity contribution is 7.07. The third-order valence-corrected chi connectivity index (χ3v) is 2.42. The first-order valence-corrected chi connectivity index (χ1v) is 5.17. The molecule has 1 aromatic rings. The molecule has 2 N–H and O–H groups in total. The van der Waals surface area contributed by atoms with Crippen molar-refractivity contribution in [1.29, 1.82) is 0 Å². The molecule has 0 bridgehead atoms. The predicted octanol–water partition coefficient (Wildman–Crippen LogP) is 1.35. The average Bonchev–Trinajstić information content (AvgIpc) is 2.55. The standard InChI is InChI=1S/C9H13NO2S/c11-9(12)2-5-10-4-1-8-3-6-13-7-8/h3,6-7,10H,1-2,4-5H2,(H,11,12). The van der Waals surface area contributed by atoms with E-state index in [0.717, 1.165) is 13.0 Å². The lowest BCUT2D eigenvalue weighted by Gasteiger charge is -2.00. The van der Waals surface area contributed by atoms with Crippen molar-refractivity contribution in [1.82, 2.24) is 5.32 Å². The van der Waals surface area contributed by atoms with Gasteiger partial charge in [-0.3, -0.25) is 4.79 Å². The van der Waals surface area contributed by atoms with Crippen LogP contribution in [0.1, 0.15) is 12.0 Å². The summed E-state index contributed by atoms with van der Waals surface area (Å²) in [4.78, 5) is 10.2. The molecular formula is C9H13NO2S. The van der Waals surface area contributed by atoms with Crippen LogP contribution in [0.2, 0.25) is 0 Å². The van der Waals surface area contributed by atoms with Crippen LogP contribution < -0.4 is 5.32 Å². The van der Waals surface area contributed by atoms with Gasteiger partial charge in [0, 0.05) is 6.54 Å². The van der Waals surface area contributed by atoms with Crippen LogP contribution in [0.3, 0.4) is 0 Å². The van der Waals surface area contributed by atoms with Crippen molar-refractivity contribution >= 4 is 17.3 Å². The normalized spacial score (nSPS) is 10.2. The van der Waals surface area contributed by atoms with Gasteiger partial charge in [0.15, 0.2) is 0 Å². The van der Waals surface area contributed by atoms with E-state index in [4.69, 9.17) is 5.11 Å². The monoisotopic (exact) mass is 199 g/mol. The maximum Gasteiger partial charge on any atom is 0.304 e. The van der Waals surface area contributed by atoms with E-state index >= 15 is 0 Å². The van der Waals surface area contributed by atoms with E-state index in [2.05, 4.69) is 16.8 Å². The molecule has 0 unspecified atom stereocenters. The van der Waals surface area contributed by atoms with Gasteiger partial charge in [-0.25, -0.2) is 0 Å². The second-order valence-electron chi connectivity index (χ2n) is 2.78. The van der Waals surface area contributed by atoms with E-state index in [-0.39, 0.29) is 6.42 Å². The largest absolute Gasteiger partial charge is 0.481 e. The first-order chi connectivity index (χ1) is 6.29. The van der Waals surface area contributed by atoms with Gasteiger partial charge in [-0.2, -0.15) is 11.3 Å². The van der Waals surface area contributed by atoms with Crippen LogP contribution in [0.15, 0.2) is 16.8 Å². The molecule has 0 aromatic carbocycles. The Morgan fingerprint density at radius 3 is 3.00 bits per heavy atom. The lowest BCUT2D eigenvalue weighted by atomic mass is 10.2. The van der Waals surface area contributed by atoms with Gasteiger partial charge in [0.1, 0.15) is 0 Å². The number of carboxylic acids is 1. The van der Waals surface area contributed by atoms with E-state index in [0.29, 0.717) is 6.54 Å². The van der Waals surface area contributed by atoms with Crippen molar-refractivity contribution in [2.24, 2.45) is 0 Å². The summed E-state index contributed by atoms with van der Waals surface area (Å²) in [6, 6.07) is 2.09.